The van der Waals surface area contributed by atoms with Crippen LogP contribution in [0.1, 0.15) is 42.9 Å². The predicted octanol–water partition coefficient (Wildman–Crippen LogP) is 3.82. The van der Waals surface area contributed by atoms with Crippen LogP contribution in [0.5, 0.6) is 5.75 Å². The van der Waals surface area contributed by atoms with Crippen LogP contribution in [0.15, 0.2) is 35.1 Å². The first-order chi connectivity index (χ1) is 11.2. The molecule has 23 heavy (non-hydrogen) atoms. The lowest BCUT2D eigenvalue weighted by atomic mass is 10.0. The van der Waals surface area contributed by atoms with Crippen LogP contribution >= 0.6 is 0 Å². The highest BCUT2D eigenvalue weighted by Crippen LogP contribution is 2.33. The van der Waals surface area contributed by atoms with E-state index in [1.165, 1.54) is 0 Å². The summed E-state index contributed by atoms with van der Waals surface area (Å²) < 4.78 is 7.14. The monoisotopic (exact) mass is 308 g/mol. The van der Waals surface area contributed by atoms with Crippen LogP contribution in [0, 0.1) is 18.3 Å². The van der Waals surface area contributed by atoms with Gasteiger partial charge in [0.15, 0.2) is 0 Å². The fourth-order valence-corrected chi connectivity index (χ4v) is 3.44. The number of hydrogen-bond donors (Lipinski definition) is 0. The molecule has 1 aromatic carbocycles. The Bertz CT molecular complexity index is 824. The highest BCUT2D eigenvalue weighted by molar-refractivity contribution is 5.63. The number of nitrogens with zero attached hydrogens (tertiary/aromatic N) is 2. The number of methoxy groups -OCH3 is 1. The maximum Gasteiger partial charge on any atom is 0.269 e. The molecule has 1 aliphatic rings. The van der Waals surface area contributed by atoms with E-state index in [1.807, 2.05) is 41.8 Å². The van der Waals surface area contributed by atoms with Gasteiger partial charge in [-0.2, -0.15) is 5.26 Å². The normalized spacial score (nSPS) is 14.7. The third kappa shape index (κ3) is 2.75. The van der Waals surface area contributed by atoms with Crippen molar-refractivity contribution in [3.8, 4) is 23.1 Å². The Labute approximate surface area is 135 Å². The maximum absolute atomic E-state index is 12.7. The molecule has 0 amide bonds. The minimum absolute atomic E-state index is 0.176. The van der Waals surface area contributed by atoms with Crippen LogP contribution in [0.4, 0.5) is 0 Å². The van der Waals surface area contributed by atoms with Gasteiger partial charge in [-0.1, -0.05) is 12.8 Å². The Hall–Kier alpha value is -2.54. The first kappa shape index (κ1) is 15.4. The highest BCUT2D eigenvalue weighted by Gasteiger charge is 2.22. The molecule has 0 radical (unpaired) electrons. The van der Waals surface area contributed by atoms with E-state index >= 15 is 0 Å². The van der Waals surface area contributed by atoms with Gasteiger partial charge in [0.05, 0.1) is 12.8 Å². The van der Waals surface area contributed by atoms with Gasteiger partial charge in [0.25, 0.3) is 5.56 Å². The van der Waals surface area contributed by atoms with Gasteiger partial charge in [0.2, 0.25) is 0 Å². The second-order valence-electron chi connectivity index (χ2n) is 6.04. The molecule has 0 saturated heterocycles. The van der Waals surface area contributed by atoms with Crippen LogP contribution in [-0.4, -0.2) is 11.7 Å². The number of nitriles is 1. The lowest BCUT2D eigenvalue weighted by Crippen LogP contribution is -2.27. The van der Waals surface area contributed by atoms with Crippen molar-refractivity contribution in [3.63, 3.8) is 0 Å². The first-order valence-electron chi connectivity index (χ1n) is 7.96. The molecular weight excluding hydrogens is 288 g/mol. The third-order valence-electron chi connectivity index (χ3n) is 4.62. The average molecular weight is 308 g/mol. The summed E-state index contributed by atoms with van der Waals surface area (Å²) in [6.45, 7) is 1.99. The summed E-state index contributed by atoms with van der Waals surface area (Å²) in [6.07, 6.45) is 4.26. The van der Waals surface area contributed by atoms with Crippen LogP contribution in [-0.2, 0) is 0 Å². The van der Waals surface area contributed by atoms with Crippen LogP contribution in [0.25, 0.3) is 11.3 Å². The molecule has 0 spiro atoms. The van der Waals surface area contributed by atoms with Crippen molar-refractivity contribution in [3.05, 3.63) is 51.8 Å². The largest absolute Gasteiger partial charge is 0.496 e. The minimum Gasteiger partial charge on any atom is -0.496 e. The van der Waals surface area contributed by atoms with Gasteiger partial charge in [-0.05, 0) is 61.2 Å². The Morgan fingerprint density at radius 3 is 2.57 bits per heavy atom. The van der Waals surface area contributed by atoms with Gasteiger partial charge in [0.1, 0.15) is 17.4 Å². The molecule has 3 rings (SSSR count). The fourth-order valence-electron chi connectivity index (χ4n) is 3.44. The zero-order valence-electron chi connectivity index (χ0n) is 13.5. The van der Waals surface area contributed by atoms with Gasteiger partial charge in [-0.25, -0.2) is 0 Å². The number of aromatic nitrogens is 1. The van der Waals surface area contributed by atoms with E-state index in [0.29, 0.717) is 0 Å². The van der Waals surface area contributed by atoms with Crippen molar-refractivity contribution >= 4 is 0 Å². The van der Waals surface area contributed by atoms with E-state index in [1.54, 1.807) is 13.2 Å². The summed E-state index contributed by atoms with van der Waals surface area (Å²) in [5.74, 6) is 0.831. The van der Waals surface area contributed by atoms with Crippen LogP contribution in [0.3, 0.4) is 0 Å². The van der Waals surface area contributed by atoms with Crippen molar-refractivity contribution in [2.75, 3.05) is 7.11 Å². The van der Waals surface area contributed by atoms with Gasteiger partial charge in [0, 0.05) is 6.04 Å². The molecule has 4 heteroatoms. The van der Waals surface area contributed by atoms with Crippen molar-refractivity contribution in [2.45, 2.75) is 38.6 Å². The Morgan fingerprint density at radius 1 is 1.22 bits per heavy atom. The molecule has 0 atom stereocenters. The van der Waals surface area contributed by atoms with E-state index in [-0.39, 0.29) is 17.2 Å². The molecule has 1 aliphatic carbocycles. The van der Waals surface area contributed by atoms with E-state index in [9.17, 15) is 10.1 Å². The van der Waals surface area contributed by atoms with E-state index in [4.69, 9.17) is 4.74 Å². The predicted molar refractivity (Wildman–Crippen MR) is 89.6 cm³/mol. The molecule has 2 aromatic rings. The second kappa shape index (κ2) is 6.29. The molecule has 118 valence electrons. The molecule has 1 saturated carbocycles. The second-order valence-corrected chi connectivity index (χ2v) is 6.04. The smallest absolute Gasteiger partial charge is 0.269 e. The molecule has 0 bridgehead atoms. The zero-order valence-corrected chi connectivity index (χ0v) is 13.5. The molecule has 0 unspecified atom stereocenters. The Morgan fingerprint density at radius 2 is 1.96 bits per heavy atom. The third-order valence-corrected chi connectivity index (χ3v) is 4.62. The summed E-state index contributed by atoms with van der Waals surface area (Å²) in [4.78, 5) is 12.7. The lowest BCUT2D eigenvalue weighted by Gasteiger charge is -2.20. The number of pyridine rings is 1. The lowest BCUT2D eigenvalue weighted by molar-refractivity contribution is 0.411. The Kier molecular flexibility index (Phi) is 4.20. The number of ether oxygens (including phenoxy) is 1. The van der Waals surface area contributed by atoms with E-state index in [0.717, 1.165) is 48.3 Å². The number of benzene rings is 1. The molecule has 1 fully saturated rings. The summed E-state index contributed by atoms with van der Waals surface area (Å²) in [7, 11) is 1.65. The fraction of sp³-hybridized carbons (Fsp3) is 0.368. The molecule has 0 N–H and O–H groups in total. The summed E-state index contributed by atoms with van der Waals surface area (Å²) >= 11 is 0. The van der Waals surface area contributed by atoms with Crippen molar-refractivity contribution in [1.29, 1.82) is 5.26 Å². The zero-order chi connectivity index (χ0) is 16.4. The average Bonchev–Trinajstić information content (AvgIpc) is 3.08. The highest BCUT2D eigenvalue weighted by atomic mass is 16.5. The summed E-state index contributed by atoms with van der Waals surface area (Å²) in [6, 6.07) is 11.6. The van der Waals surface area contributed by atoms with Crippen LogP contribution in [0.2, 0.25) is 0 Å². The van der Waals surface area contributed by atoms with E-state index < -0.39 is 0 Å². The Balaban J connectivity index is 2.19. The maximum atomic E-state index is 12.7. The van der Waals surface area contributed by atoms with Gasteiger partial charge < -0.3 is 9.30 Å². The topological polar surface area (TPSA) is 55.0 Å². The molecule has 1 aromatic heterocycles. The van der Waals surface area contributed by atoms with Gasteiger partial charge >= 0.3 is 0 Å². The molecule has 0 aliphatic heterocycles. The molecule has 4 nitrogen and oxygen atoms in total. The van der Waals surface area contributed by atoms with Gasteiger partial charge in [-0.15, -0.1) is 0 Å². The molecular formula is C19H20N2O2. The SMILES string of the molecule is COc1ccc(-c2ccc(C#N)c(=O)n2C2CCCC2)cc1C. The summed E-state index contributed by atoms with van der Waals surface area (Å²) in [5, 5.41) is 9.18. The number of rotatable bonds is 3. The van der Waals surface area contributed by atoms with Gasteiger partial charge in [-0.3, -0.25) is 4.79 Å². The quantitative estimate of drug-likeness (QED) is 0.866. The van der Waals surface area contributed by atoms with Crippen LogP contribution < -0.4 is 10.3 Å². The summed E-state index contributed by atoms with van der Waals surface area (Å²) in [5.41, 5.74) is 2.93. The van der Waals surface area contributed by atoms with Crippen molar-refractivity contribution in [1.82, 2.24) is 4.57 Å². The number of hydrogen-bond acceptors (Lipinski definition) is 3. The standard InChI is InChI=1S/C19H20N2O2/c1-13-11-14(8-10-18(13)23-2)17-9-7-15(12-20)19(22)21(17)16-5-3-4-6-16/h7-11,16H,3-6H2,1-2H3. The van der Waals surface area contributed by atoms with E-state index in [2.05, 4.69) is 0 Å². The van der Waals surface area contributed by atoms with Crippen molar-refractivity contribution < 1.29 is 4.74 Å². The number of aryl methyl sites for hydroxylation is 1. The van der Waals surface area contributed by atoms with Crippen molar-refractivity contribution in [2.24, 2.45) is 0 Å². The minimum atomic E-state index is -0.176. The molecule has 1 heterocycles. The first-order valence-corrected chi connectivity index (χ1v) is 7.96.